The van der Waals surface area contributed by atoms with Gasteiger partial charge in [-0.1, -0.05) is 12.8 Å². The van der Waals surface area contributed by atoms with E-state index in [1.54, 1.807) is 0 Å². The molecule has 1 rings (SSSR count). The predicted molar refractivity (Wildman–Crippen MR) is 115 cm³/mol. The van der Waals surface area contributed by atoms with Crippen molar-refractivity contribution in [3.63, 3.8) is 0 Å². The Kier molecular flexibility index (Phi) is 13.4. The summed E-state index contributed by atoms with van der Waals surface area (Å²) in [6.07, 6.45) is -3.67. The number of nitrogens with one attached hydrogen (secondary N) is 2. The third-order valence-corrected chi connectivity index (χ3v) is 5.23. The molecule has 7 atom stereocenters. The maximum Gasteiger partial charge on any atom is 0.242 e. The van der Waals surface area contributed by atoms with Gasteiger partial charge in [0.05, 0.1) is 12.6 Å². The summed E-state index contributed by atoms with van der Waals surface area (Å²) in [6.45, 7) is 1.57. The van der Waals surface area contributed by atoms with Crippen LogP contribution in [0.2, 0.25) is 0 Å². The molecule has 1 saturated heterocycles. The Balaban J connectivity index is 2.25. The number of ether oxygens (including phenoxy) is 2. The first-order chi connectivity index (χ1) is 15.6. The number of amides is 3. The van der Waals surface area contributed by atoms with Gasteiger partial charge in [-0.3, -0.25) is 14.4 Å². The fraction of sp³-hybridized carbons (Fsp3) is 0.850. The van der Waals surface area contributed by atoms with Crippen molar-refractivity contribution in [1.82, 2.24) is 10.6 Å². The van der Waals surface area contributed by atoms with Crippen LogP contribution in [0.5, 0.6) is 0 Å². The largest absolute Gasteiger partial charge is 0.394 e. The van der Waals surface area contributed by atoms with Crippen LogP contribution in [0, 0.1) is 0 Å². The van der Waals surface area contributed by atoms with Crippen LogP contribution in [0.4, 0.5) is 0 Å². The molecule has 1 aliphatic rings. The first-order valence-corrected chi connectivity index (χ1v) is 11.1. The summed E-state index contributed by atoms with van der Waals surface area (Å²) in [7, 11) is 0. The van der Waals surface area contributed by atoms with E-state index in [4.69, 9.17) is 26.0 Å². The van der Waals surface area contributed by atoms with Gasteiger partial charge in [-0.15, -0.1) is 0 Å². The van der Waals surface area contributed by atoms with Gasteiger partial charge in [0.25, 0.3) is 0 Å². The van der Waals surface area contributed by atoms with Gasteiger partial charge in [0, 0.05) is 19.6 Å². The predicted octanol–water partition coefficient (Wildman–Crippen LogP) is -3.42. The van der Waals surface area contributed by atoms with Gasteiger partial charge < -0.3 is 52.0 Å². The van der Waals surface area contributed by atoms with Crippen molar-refractivity contribution in [3.05, 3.63) is 0 Å². The lowest BCUT2D eigenvalue weighted by Crippen LogP contribution is -2.59. The van der Waals surface area contributed by atoms with Crippen LogP contribution in [-0.4, -0.2) is 101 Å². The van der Waals surface area contributed by atoms with Gasteiger partial charge in [0.2, 0.25) is 17.7 Å². The molecule has 0 radical (unpaired) electrons. The normalized spacial score (nSPS) is 26.9. The zero-order valence-corrected chi connectivity index (χ0v) is 18.9. The number of carbonyl (C=O) groups excluding carboxylic acids is 3. The van der Waals surface area contributed by atoms with E-state index in [0.717, 1.165) is 12.8 Å². The van der Waals surface area contributed by atoms with E-state index in [9.17, 15) is 29.7 Å². The van der Waals surface area contributed by atoms with Crippen molar-refractivity contribution < 1.29 is 44.3 Å². The highest BCUT2D eigenvalue weighted by Gasteiger charge is 2.43. The number of rotatable bonds is 15. The van der Waals surface area contributed by atoms with Crippen LogP contribution in [0.15, 0.2) is 0 Å². The fourth-order valence-electron chi connectivity index (χ4n) is 3.18. The molecular weight excluding hydrogens is 440 g/mol. The van der Waals surface area contributed by atoms with E-state index in [2.05, 4.69) is 10.6 Å². The molecule has 1 heterocycles. The number of hydrogen-bond donors (Lipinski definition) is 8. The Bertz CT molecular complexity index is 620. The fourth-order valence-corrected chi connectivity index (χ4v) is 3.18. The molecule has 10 N–H and O–H groups in total. The van der Waals surface area contributed by atoms with Gasteiger partial charge in [0.1, 0.15) is 30.5 Å². The summed E-state index contributed by atoms with van der Waals surface area (Å²) in [5.41, 5.74) is 10.6. The van der Waals surface area contributed by atoms with Crippen LogP contribution in [0.3, 0.4) is 0 Å². The summed E-state index contributed by atoms with van der Waals surface area (Å²) in [5, 5.41) is 43.7. The van der Waals surface area contributed by atoms with Crippen molar-refractivity contribution in [3.8, 4) is 0 Å². The number of hydrogen-bond acceptors (Lipinski definition) is 10. The van der Waals surface area contributed by atoms with Gasteiger partial charge in [-0.2, -0.15) is 0 Å². The Labute approximate surface area is 192 Å². The van der Waals surface area contributed by atoms with Crippen molar-refractivity contribution >= 4 is 17.7 Å². The summed E-state index contributed by atoms with van der Waals surface area (Å²) in [5.74, 6) is -1.50. The summed E-state index contributed by atoms with van der Waals surface area (Å²) in [6, 6.07) is -1.69. The van der Waals surface area contributed by atoms with E-state index >= 15 is 0 Å². The zero-order valence-electron chi connectivity index (χ0n) is 18.9. The number of primary amides is 1. The molecule has 0 aromatic carbocycles. The highest BCUT2D eigenvalue weighted by Crippen LogP contribution is 2.22. The van der Waals surface area contributed by atoms with Gasteiger partial charge in [-0.25, -0.2) is 0 Å². The topological polar surface area (TPSA) is 227 Å². The maximum absolute atomic E-state index is 12.3. The monoisotopic (exact) mass is 478 g/mol. The van der Waals surface area contributed by atoms with Crippen LogP contribution in [-0.2, 0) is 23.9 Å². The van der Waals surface area contributed by atoms with Crippen molar-refractivity contribution in [1.29, 1.82) is 0 Å². The standard InChI is InChI=1S/C20H38N4O9/c1-11(21)18(30)24-12(6-7-14(22)26)19(31)23-8-4-2-3-5-9-32-20-17(29)16(28)15(27)13(10-25)33-20/h11-13,15-17,20,25,27-29H,2-10,21H2,1H3,(H2,22,26)(H,23,31)(H,24,30)/t11-,12+,13-,15+,16-,17-,20+/m1/s1. The second-order valence-corrected chi connectivity index (χ2v) is 8.13. The lowest BCUT2D eigenvalue weighted by atomic mass is 9.99. The molecule has 0 unspecified atom stereocenters. The molecule has 13 heteroatoms. The highest BCUT2D eigenvalue weighted by atomic mass is 16.7. The Hall–Kier alpha value is -1.87. The van der Waals surface area contributed by atoms with Crippen LogP contribution in [0.1, 0.15) is 45.4 Å². The minimum Gasteiger partial charge on any atom is -0.394 e. The molecule has 1 fully saturated rings. The second kappa shape index (κ2) is 15.1. The maximum atomic E-state index is 12.3. The third kappa shape index (κ3) is 10.3. The summed E-state index contributed by atoms with van der Waals surface area (Å²) >= 11 is 0. The molecule has 13 nitrogen and oxygen atoms in total. The summed E-state index contributed by atoms with van der Waals surface area (Å²) < 4.78 is 10.7. The third-order valence-electron chi connectivity index (χ3n) is 5.23. The first kappa shape index (κ1) is 29.2. The van der Waals surface area contributed by atoms with Crippen LogP contribution >= 0.6 is 0 Å². The Morgan fingerprint density at radius 3 is 2.30 bits per heavy atom. The minimum atomic E-state index is -1.48. The average Bonchev–Trinajstić information content (AvgIpc) is 2.77. The molecule has 0 aromatic heterocycles. The molecule has 192 valence electrons. The first-order valence-electron chi connectivity index (χ1n) is 11.1. The molecule has 0 aliphatic carbocycles. The average molecular weight is 479 g/mol. The van der Waals surface area contributed by atoms with Crippen molar-refractivity contribution in [2.24, 2.45) is 11.5 Å². The molecule has 0 saturated carbocycles. The molecule has 0 aromatic rings. The number of aliphatic hydroxyl groups is 4. The number of nitrogens with two attached hydrogens (primary N) is 2. The van der Waals surface area contributed by atoms with E-state index < -0.39 is 67.1 Å². The number of aliphatic hydroxyl groups excluding tert-OH is 4. The lowest BCUT2D eigenvalue weighted by molar-refractivity contribution is -0.301. The van der Waals surface area contributed by atoms with Crippen molar-refractivity contribution in [2.75, 3.05) is 19.8 Å². The van der Waals surface area contributed by atoms with Crippen LogP contribution < -0.4 is 22.1 Å². The minimum absolute atomic E-state index is 0.0498. The lowest BCUT2D eigenvalue weighted by Gasteiger charge is -2.39. The molecule has 0 spiro atoms. The van der Waals surface area contributed by atoms with Gasteiger partial charge in [-0.05, 0) is 26.2 Å². The molecule has 1 aliphatic heterocycles. The van der Waals surface area contributed by atoms with E-state index in [-0.39, 0.29) is 19.4 Å². The molecule has 33 heavy (non-hydrogen) atoms. The number of unbranched alkanes of at least 4 members (excludes halogenated alkanes) is 3. The Morgan fingerprint density at radius 1 is 1.03 bits per heavy atom. The van der Waals surface area contributed by atoms with E-state index in [1.165, 1.54) is 6.92 Å². The Morgan fingerprint density at radius 2 is 1.70 bits per heavy atom. The summed E-state index contributed by atoms with van der Waals surface area (Å²) in [4.78, 5) is 35.1. The van der Waals surface area contributed by atoms with E-state index in [1.807, 2.05) is 0 Å². The molecule has 0 bridgehead atoms. The zero-order chi connectivity index (χ0) is 25.0. The number of carbonyl (C=O) groups is 3. The van der Waals surface area contributed by atoms with Gasteiger partial charge >= 0.3 is 0 Å². The highest BCUT2D eigenvalue weighted by molar-refractivity contribution is 5.89. The SMILES string of the molecule is C[C@@H](N)C(=O)N[C@@H](CCC(N)=O)C(=O)NCCCCCCO[C@H]1O[C@H](CO)[C@H](O)[C@@H](O)[C@H]1O. The smallest absolute Gasteiger partial charge is 0.242 e. The molecular formula is C20H38N4O9. The van der Waals surface area contributed by atoms with Crippen molar-refractivity contribution in [2.45, 2.75) is 88.2 Å². The quantitative estimate of drug-likeness (QED) is 0.109. The second-order valence-electron chi connectivity index (χ2n) is 8.13. The van der Waals surface area contributed by atoms with E-state index in [0.29, 0.717) is 19.4 Å². The molecule has 3 amide bonds. The van der Waals surface area contributed by atoms with Crippen LogP contribution in [0.25, 0.3) is 0 Å². The van der Waals surface area contributed by atoms with Gasteiger partial charge in [0.15, 0.2) is 6.29 Å².